The van der Waals surface area contributed by atoms with Gasteiger partial charge in [0.2, 0.25) is 0 Å². The predicted octanol–water partition coefficient (Wildman–Crippen LogP) is 4.00. The lowest BCUT2D eigenvalue weighted by molar-refractivity contribution is 0.0827. The number of hydrogen-bond donors (Lipinski definition) is 0. The van der Waals surface area contributed by atoms with E-state index in [1.807, 2.05) is 54.6 Å². The Bertz CT molecular complexity index is 1330. The molecular weight excluding hydrogens is 404 g/mol. The quantitative estimate of drug-likeness (QED) is 0.482. The van der Waals surface area contributed by atoms with Crippen LogP contribution in [0, 0.1) is 0 Å². The van der Waals surface area contributed by atoms with E-state index in [-0.39, 0.29) is 11.5 Å². The first-order valence-corrected chi connectivity index (χ1v) is 10.0. The van der Waals surface area contributed by atoms with Gasteiger partial charge in [0.15, 0.2) is 0 Å². The Morgan fingerprint density at radius 2 is 1.66 bits per heavy atom. The van der Waals surface area contributed by atoms with Crippen LogP contribution in [0.3, 0.4) is 0 Å². The lowest BCUT2D eigenvalue weighted by atomic mass is 9.99. The third kappa shape index (κ3) is 4.27. The second-order valence-electron chi connectivity index (χ2n) is 7.44. The average Bonchev–Trinajstić information content (AvgIpc) is 2.81. The Labute approximate surface area is 185 Å². The molecule has 32 heavy (non-hydrogen) atoms. The van der Waals surface area contributed by atoms with E-state index >= 15 is 0 Å². The number of benzene rings is 2. The molecule has 0 atom stereocenters. The number of para-hydroxylation sites is 2. The Balaban J connectivity index is 1.88. The minimum atomic E-state index is -0.269. The number of nitrogens with zero attached hydrogens (tertiary/aromatic N) is 4. The minimum absolute atomic E-state index is 0.175. The third-order valence-electron chi connectivity index (χ3n) is 4.91. The van der Waals surface area contributed by atoms with Gasteiger partial charge in [-0.15, -0.1) is 0 Å². The number of carbonyl (C=O) groups is 1. The van der Waals surface area contributed by atoms with Crippen LogP contribution in [-0.4, -0.2) is 39.7 Å². The summed E-state index contributed by atoms with van der Waals surface area (Å²) in [6.45, 7) is 0. The number of amides is 1. The Hall–Kier alpha value is -4.26. The van der Waals surface area contributed by atoms with Crippen molar-refractivity contribution in [3.05, 3.63) is 95.0 Å². The van der Waals surface area contributed by atoms with Gasteiger partial charge < -0.3 is 9.64 Å². The molecule has 0 bridgehead atoms. The maximum absolute atomic E-state index is 12.5. The van der Waals surface area contributed by atoms with Gasteiger partial charge in [0.25, 0.3) is 11.5 Å². The molecule has 4 aromatic rings. The molecule has 0 spiro atoms. The third-order valence-corrected chi connectivity index (χ3v) is 4.91. The van der Waals surface area contributed by atoms with Gasteiger partial charge in [-0.2, -0.15) is 5.10 Å². The molecule has 2 aromatic carbocycles. The van der Waals surface area contributed by atoms with Crippen molar-refractivity contribution in [1.82, 2.24) is 19.7 Å². The van der Waals surface area contributed by atoms with Gasteiger partial charge in [-0.25, -0.2) is 4.68 Å². The van der Waals surface area contributed by atoms with Crippen LogP contribution in [0.15, 0.2) is 83.9 Å². The highest BCUT2D eigenvalue weighted by atomic mass is 16.5. The molecule has 1 amide bonds. The monoisotopic (exact) mass is 426 g/mol. The molecule has 0 unspecified atom stereocenters. The lowest BCUT2D eigenvalue weighted by Gasteiger charge is -2.15. The van der Waals surface area contributed by atoms with Gasteiger partial charge in [-0.05, 0) is 30.3 Å². The van der Waals surface area contributed by atoms with Gasteiger partial charge in [0.1, 0.15) is 17.2 Å². The van der Waals surface area contributed by atoms with Crippen LogP contribution < -0.4 is 10.3 Å². The standard InChI is InChI=1S/C25H22N4O3/c1-28(2)25(31)18-13-17(15-26-16-18)21-14-23(30)29(3)27-24(21)20-11-7-8-12-22(20)32-19-9-5-4-6-10-19/h4-16H,1-3H3. The van der Waals surface area contributed by atoms with E-state index in [0.29, 0.717) is 39.4 Å². The van der Waals surface area contributed by atoms with Crippen molar-refractivity contribution >= 4 is 5.91 Å². The minimum Gasteiger partial charge on any atom is -0.457 e. The van der Waals surface area contributed by atoms with Crippen molar-refractivity contribution in [1.29, 1.82) is 0 Å². The first-order chi connectivity index (χ1) is 15.4. The van der Waals surface area contributed by atoms with Crippen LogP contribution in [-0.2, 0) is 7.05 Å². The molecule has 0 N–H and O–H groups in total. The van der Waals surface area contributed by atoms with Crippen LogP contribution >= 0.6 is 0 Å². The van der Waals surface area contributed by atoms with Gasteiger partial charge >= 0.3 is 0 Å². The topological polar surface area (TPSA) is 77.3 Å². The normalized spacial score (nSPS) is 10.6. The fourth-order valence-corrected chi connectivity index (χ4v) is 3.29. The largest absolute Gasteiger partial charge is 0.457 e. The number of pyridine rings is 1. The molecule has 0 aliphatic rings. The van der Waals surface area contributed by atoms with Crippen LogP contribution in [0.25, 0.3) is 22.4 Å². The zero-order valence-electron chi connectivity index (χ0n) is 18.0. The predicted molar refractivity (Wildman–Crippen MR) is 123 cm³/mol. The molecule has 0 fully saturated rings. The highest BCUT2D eigenvalue weighted by Gasteiger charge is 2.18. The molecule has 160 valence electrons. The van der Waals surface area contributed by atoms with Crippen molar-refractivity contribution in [2.75, 3.05) is 14.1 Å². The van der Waals surface area contributed by atoms with E-state index < -0.39 is 0 Å². The molecule has 0 aliphatic carbocycles. The summed E-state index contributed by atoms with van der Waals surface area (Å²) < 4.78 is 7.39. The van der Waals surface area contributed by atoms with Crippen molar-refractivity contribution in [3.63, 3.8) is 0 Å². The second kappa shape index (κ2) is 8.85. The first-order valence-electron chi connectivity index (χ1n) is 10.0. The zero-order chi connectivity index (χ0) is 22.7. The van der Waals surface area contributed by atoms with Crippen LogP contribution in [0.5, 0.6) is 11.5 Å². The molecule has 2 aromatic heterocycles. The van der Waals surface area contributed by atoms with E-state index in [4.69, 9.17) is 4.74 Å². The summed E-state index contributed by atoms with van der Waals surface area (Å²) in [5.41, 5.74) is 2.61. The van der Waals surface area contributed by atoms with E-state index in [0.717, 1.165) is 0 Å². The molecule has 0 saturated heterocycles. The van der Waals surface area contributed by atoms with Crippen molar-refractivity contribution in [2.24, 2.45) is 7.05 Å². The Morgan fingerprint density at radius 3 is 2.41 bits per heavy atom. The van der Waals surface area contributed by atoms with Crippen molar-refractivity contribution < 1.29 is 9.53 Å². The summed E-state index contributed by atoms with van der Waals surface area (Å²) in [5, 5.41) is 4.53. The summed E-state index contributed by atoms with van der Waals surface area (Å²) in [5.74, 6) is 1.11. The molecule has 0 saturated carbocycles. The summed E-state index contributed by atoms with van der Waals surface area (Å²) in [6.07, 6.45) is 3.12. The van der Waals surface area contributed by atoms with Crippen LogP contribution in [0.4, 0.5) is 0 Å². The highest BCUT2D eigenvalue weighted by Crippen LogP contribution is 2.37. The average molecular weight is 426 g/mol. The fourth-order valence-electron chi connectivity index (χ4n) is 3.29. The Kier molecular flexibility index (Phi) is 5.81. The van der Waals surface area contributed by atoms with Gasteiger partial charge in [-0.1, -0.05) is 30.3 Å². The molecule has 4 rings (SSSR count). The maximum atomic E-state index is 12.5. The second-order valence-corrected chi connectivity index (χ2v) is 7.44. The first kappa shape index (κ1) is 21.0. The summed E-state index contributed by atoms with van der Waals surface area (Å²) in [6, 6.07) is 20.2. The summed E-state index contributed by atoms with van der Waals surface area (Å²) in [7, 11) is 4.95. The smallest absolute Gasteiger partial charge is 0.267 e. The molecule has 7 nitrogen and oxygen atoms in total. The molecule has 2 heterocycles. The molecule has 0 aliphatic heterocycles. The van der Waals surface area contributed by atoms with Gasteiger partial charge in [0.05, 0.1) is 5.56 Å². The number of rotatable bonds is 5. The lowest BCUT2D eigenvalue weighted by Crippen LogP contribution is -2.22. The van der Waals surface area contributed by atoms with E-state index in [9.17, 15) is 9.59 Å². The van der Waals surface area contributed by atoms with E-state index in [1.54, 1.807) is 33.4 Å². The summed E-state index contributed by atoms with van der Waals surface area (Å²) in [4.78, 5) is 30.6. The number of carbonyl (C=O) groups excluding carboxylic acids is 1. The number of ether oxygens (including phenoxy) is 1. The molecule has 7 heteroatoms. The highest BCUT2D eigenvalue weighted by molar-refractivity contribution is 5.95. The SMILES string of the molecule is CN(C)C(=O)c1cncc(-c2cc(=O)n(C)nc2-c2ccccc2Oc2ccccc2)c1. The van der Waals surface area contributed by atoms with Crippen LogP contribution in [0.1, 0.15) is 10.4 Å². The fraction of sp³-hybridized carbons (Fsp3) is 0.120. The van der Waals surface area contributed by atoms with Gasteiger partial charge in [0, 0.05) is 56.3 Å². The van der Waals surface area contributed by atoms with E-state index in [2.05, 4.69) is 10.1 Å². The molecular formula is C25H22N4O3. The van der Waals surface area contributed by atoms with Crippen molar-refractivity contribution in [2.45, 2.75) is 0 Å². The zero-order valence-corrected chi connectivity index (χ0v) is 18.0. The number of aryl methyl sites for hydroxylation is 1. The van der Waals surface area contributed by atoms with Crippen molar-refractivity contribution in [3.8, 4) is 33.9 Å². The number of hydrogen-bond acceptors (Lipinski definition) is 5. The van der Waals surface area contributed by atoms with E-state index in [1.165, 1.54) is 21.8 Å². The van der Waals surface area contributed by atoms with Crippen LogP contribution in [0.2, 0.25) is 0 Å². The van der Waals surface area contributed by atoms with Gasteiger partial charge in [-0.3, -0.25) is 14.6 Å². The number of aromatic nitrogens is 3. The summed E-state index contributed by atoms with van der Waals surface area (Å²) >= 11 is 0. The molecule has 0 radical (unpaired) electrons. The Morgan fingerprint density at radius 1 is 0.938 bits per heavy atom. The maximum Gasteiger partial charge on any atom is 0.267 e.